The molecule has 0 spiro atoms. The minimum Gasteiger partial charge on any atom is -0.395 e. The van der Waals surface area contributed by atoms with E-state index in [1.54, 1.807) is 18.6 Å². The van der Waals surface area contributed by atoms with Crippen LogP contribution in [0, 0.1) is 23.2 Å². The van der Waals surface area contributed by atoms with E-state index in [0.29, 0.717) is 18.2 Å². The molecule has 4 aromatic rings. The van der Waals surface area contributed by atoms with Gasteiger partial charge in [-0.3, -0.25) is 9.38 Å². The first-order valence-electron chi connectivity index (χ1n) is 11.7. The van der Waals surface area contributed by atoms with Crippen LogP contribution in [0.4, 0.5) is 5.69 Å². The van der Waals surface area contributed by atoms with Crippen LogP contribution in [0.3, 0.4) is 0 Å². The average Bonchev–Trinajstić information content (AvgIpc) is 3.60. The highest BCUT2D eigenvalue weighted by molar-refractivity contribution is 6.00. The summed E-state index contributed by atoms with van der Waals surface area (Å²) in [5.74, 6) is 0.915. The van der Waals surface area contributed by atoms with Crippen LogP contribution < -0.4 is 4.90 Å². The lowest BCUT2D eigenvalue weighted by Gasteiger charge is -2.34. The Labute approximate surface area is 196 Å². The summed E-state index contributed by atoms with van der Waals surface area (Å²) < 4.78 is 1.91. The molecule has 9 heteroatoms. The number of anilines is 1. The van der Waals surface area contributed by atoms with Crippen molar-refractivity contribution < 1.29 is 4.84 Å². The maximum Gasteiger partial charge on any atom is 0.163 e. The van der Waals surface area contributed by atoms with Gasteiger partial charge in [-0.2, -0.15) is 5.26 Å². The number of nitriles is 1. The third-order valence-corrected chi connectivity index (χ3v) is 6.65. The number of nitrogens with zero attached hydrogens (tertiary/aromatic N) is 8. The van der Waals surface area contributed by atoms with E-state index in [1.165, 1.54) is 12.8 Å². The molecule has 1 aliphatic heterocycles. The van der Waals surface area contributed by atoms with Crippen LogP contribution in [0.5, 0.6) is 0 Å². The molecule has 0 radical (unpaired) electrons. The van der Waals surface area contributed by atoms with Crippen molar-refractivity contribution in [3.63, 3.8) is 0 Å². The van der Waals surface area contributed by atoms with Crippen molar-refractivity contribution in [2.75, 3.05) is 24.6 Å². The number of rotatable bonds is 6. The number of fused-ring (bicyclic) bond motifs is 3. The summed E-state index contributed by atoms with van der Waals surface area (Å²) in [6.45, 7) is 2.35. The minimum absolute atomic E-state index is 0.260. The lowest BCUT2D eigenvalue weighted by Crippen LogP contribution is -2.37. The van der Waals surface area contributed by atoms with Crippen molar-refractivity contribution in [1.82, 2.24) is 24.6 Å². The fraction of sp³-hybridized carbons (Fsp3) is 0.360. The summed E-state index contributed by atoms with van der Waals surface area (Å²) in [6, 6.07) is 13.7. The number of aromatic nitrogens is 5. The average molecular weight is 453 g/mol. The Morgan fingerprint density at radius 2 is 2.03 bits per heavy atom. The molecule has 5 heterocycles. The van der Waals surface area contributed by atoms with Crippen LogP contribution in [0.2, 0.25) is 0 Å². The van der Waals surface area contributed by atoms with Gasteiger partial charge in [-0.1, -0.05) is 11.2 Å². The van der Waals surface area contributed by atoms with E-state index in [4.69, 9.17) is 4.84 Å². The summed E-state index contributed by atoms with van der Waals surface area (Å²) in [6.07, 6.45) is 7.79. The number of pyridine rings is 3. The van der Waals surface area contributed by atoms with Crippen molar-refractivity contribution in [3.8, 4) is 6.07 Å². The van der Waals surface area contributed by atoms with E-state index in [1.807, 2.05) is 34.7 Å². The van der Waals surface area contributed by atoms with E-state index >= 15 is 0 Å². The Morgan fingerprint density at radius 3 is 2.79 bits per heavy atom. The van der Waals surface area contributed by atoms with Crippen LogP contribution >= 0.6 is 0 Å². The molecule has 0 amide bonds. The fourth-order valence-electron chi connectivity index (χ4n) is 4.59. The molecule has 0 unspecified atom stereocenters. The van der Waals surface area contributed by atoms with E-state index in [2.05, 4.69) is 36.3 Å². The van der Waals surface area contributed by atoms with Gasteiger partial charge in [0.05, 0.1) is 16.9 Å². The summed E-state index contributed by atoms with van der Waals surface area (Å²) in [5, 5.41) is 22.3. The first-order chi connectivity index (χ1) is 16.8. The van der Waals surface area contributed by atoms with Gasteiger partial charge in [-0.05, 0) is 55.9 Å². The third kappa shape index (κ3) is 3.92. The maximum absolute atomic E-state index is 9.40. The largest absolute Gasteiger partial charge is 0.395 e. The molecule has 0 aromatic carbocycles. The summed E-state index contributed by atoms with van der Waals surface area (Å²) >= 11 is 0. The summed E-state index contributed by atoms with van der Waals surface area (Å²) in [5.41, 5.74) is 5.64. The van der Waals surface area contributed by atoms with Crippen molar-refractivity contribution in [1.29, 1.82) is 5.26 Å². The molecule has 0 bridgehead atoms. The highest BCUT2D eigenvalue weighted by Gasteiger charge is 2.28. The highest BCUT2D eigenvalue weighted by atomic mass is 16.6. The van der Waals surface area contributed by atoms with Gasteiger partial charge in [-0.15, -0.1) is 10.2 Å². The highest BCUT2D eigenvalue weighted by Crippen LogP contribution is 2.32. The Kier molecular flexibility index (Phi) is 5.26. The fourth-order valence-corrected chi connectivity index (χ4v) is 4.59. The molecule has 0 atom stereocenters. The number of hydrogen-bond acceptors (Lipinski definition) is 8. The molecule has 1 saturated heterocycles. The quantitative estimate of drug-likeness (QED) is 0.325. The van der Waals surface area contributed by atoms with Crippen LogP contribution in [-0.2, 0) is 4.84 Å². The number of oxime groups is 1. The van der Waals surface area contributed by atoms with Crippen LogP contribution in [-0.4, -0.2) is 50.0 Å². The van der Waals surface area contributed by atoms with Gasteiger partial charge in [0.15, 0.2) is 5.65 Å². The second kappa shape index (κ2) is 8.71. The molecule has 6 rings (SSSR count). The van der Waals surface area contributed by atoms with Gasteiger partial charge in [0, 0.05) is 31.3 Å². The van der Waals surface area contributed by atoms with E-state index in [-0.39, 0.29) is 5.92 Å². The smallest absolute Gasteiger partial charge is 0.163 e. The van der Waals surface area contributed by atoms with Crippen LogP contribution in [0.15, 0.2) is 54.1 Å². The zero-order valence-corrected chi connectivity index (χ0v) is 18.7. The SMILES string of the molecule is N#Cc1ccc2c(n1)c(N1CCC(/C(=N/OCC3CC3)c3ccccn3)CC1)cc1nncn12. The summed E-state index contributed by atoms with van der Waals surface area (Å²) in [7, 11) is 0. The second-order valence-corrected chi connectivity index (χ2v) is 8.96. The molecule has 34 heavy (non-hydrogen) atoms. The molecule has 0 N–H and O–H groups in total. The van der Waals surface area contributed by atoms with Crippen LogP contribution in [0.25, 0.3) is 16.7 Å². The zero-order valence-electron chi connectivity index (χ0n) is 18.7. The Balaban J connectivity index is 1.28. The Morgan fingerprint density at radius 1 is 1.15 bits per heavy atom. The van der Waals surface area contributed by atoms with Crippen molar-refractivity contribution in [3.05, 3.63) is 60.3 Å². The molecule has 2 fully saturated rings. The van der Waals surface area contributed by atoms with Gasteiger partial charge < -0.3 is 9.74 Å². The molecular weight excluding hydrogens is 428 g/mol. The van der Waals surface area contributed by atoms with E-state index in [0.717, 1.165) is 59.7 Å². The molecule has 170 valence electrons. The van der Waals surface area contributed by atoms with Gasteiger partial charge in [0.1, 0.15) is 35.9 Å². The van der Waals surface area contributed by atoms with Gasteiger partial charge in [-0.25, -0.2) is 4.98 Å². The Hall–Kier alpha value is -4.06. The monoisotopic (exact) mass is 452 g/mol. The number of piperidine rings is 1. The zero-order chi connectivity index (χ0) is 22.9. The molecule has 2 aliphatic rings. The van der Waals surface area contributed by atoms with Crippen molar-refractivity contribution in [2.24, 2.45) is 17.0 Å². The topological polar surface area (TPSA) is 105 Å². The normalized spacial score (nSPS) is 17.3. The first-order valence-corrected chi connectivity index (χ1v) is 11.7. The summed E-state index contributed by atoms with van der Waals surface area (Å²) in [4.78, 5) is 17.2. The molecular formula is C25H24N8O. The van der Waals surface area contributed by atoms with E-state index in [9.17, 15) is 5.26 Å². The lowest BCUT2D eigenvalue weighted by molar-refractivity contribution is 0.132. The van der Waals surface area contributed by atoms with E-state index < -0.39 is 0 Å². The first kappa shape index (κ1) is 20.5. The molecule has 1 aliphatic carbocycles. The second-order valence-electron chi connectivity index (χ2n) is 8.96. The van der Waals surface area contributed by atoms with Crippen LogP contribution in [0.1, 0.15) is 37.1 Å². The van der Waals surface area contributed by atoms with Gasteiger partial charge in [0.2, 0.25) is 0 Å². The lowest BCUT2D eigenvalue weighted by atomic mass is 9.89. The third-order valence-electron chi connectivity index (χ3n) is 6.65. The van der Waals surface area contributed by atoms with Crippen molar-refractivity contribution >= 4 is 28.1 Å². The standard InChI is InChI=1S/C25H24N8O/c26-14-19-6-7-21-25(29-19)22(13-23-30-28-16-33(21)23)32-11-8-18(9-12-32)24(20-3-1-2-10-27-20)31-34-15-17-4-5-17/h1-3,6-7,10,13,16-18H,4-5,8-9,11-12,15H2/b31-24-. The molecule has 4 aromatic heterocycles. The molecule has 1 saturated carbocycles. The minimum atomic E-state index is 0.260. The number of hydrogen-bond donors (Lipinski definition) is 0. The predicted molar refractivity (Wildman–Crippen MR) is 127 cm³/mol. The predicted octanol–water partition coefficient (Wildman–Crippen LogP) is 3.59. The van der Waals surface area contributed by atoms with Crippen molar-refractivity contribution in [2.45, 2.75) is 25.7 Å². The van der Waals surface area contributed by atoms with Gasteiger partial charge in [0.25, 0.3) is 0 Å². The molecule has 9 nitrogen and oxygen atoms in total. The van der Waals surface area contributed by atoms with Gasteiger partial charge >= 0.3 is 0 Å². The Bertz CT molecular complexity index is 1400. The maximum atomic E-state index is 9.40.